The first-order chi connectivity index (χ1) is 13.6. The highest BCUT2D eigenvalue weighted by atomic mass is 35.5. The molecule has 2 heterocycles. The maximum Gasteiger partial charge on any atom is 0.260 e. The van der Waals surface area contributed by atoms with Crippen molar-refractivity contribution >= 4 is 34.8 Å². The Morgan fingerprint density at radius 3 is 2.43 bits per heavy atom. The largest absolute Gasteiger partial charge is 0.379 e. The number of halogens is 1. The second-order valence-corrected chi connectivity index (χ2v) is 7.34. The van der Waals surface area contributed by atoms with E-state index in [0.29, 0.717) is 53.8 Å². The van der Waals surface area contributed by atoms with Crippen LogP contribution in [0.3, 0.4) is 0 Å². The molecule has 2 aromatic rings. The van der Waals surface area contributed by atoms with Crippen LogP contribution in [0.1, 0.15) is 20.7 Å². The highest BCUT2D eigenvalue weighted by Gasteiger charge is 2.32. The molecule has 0 aliphatic carbocycles. The van der Waals surface area contributed by atoms with Crippen LogP contribution < -0.4 is 9.80 Å². The van der Waals surface area contributed by atoms with Crippen LogP contribution in [0.4, 0.5) is 11.4 Å². The molecule has 2 aliphatic heterocycles. The van der Waals surface area contributed by atoms with Crippen molar-refractivity contribution in [3.05, 3.63) is 58.6 Å². The average Bonchev–Trinajstić information content (AvgIpc) is 2.73. The number of hydrogen-bond donors (Lipinski definition) is 0. The molecule has 0 radical (unpaired) electrons. The van der Waals surface area contributed by atoms with Crippen LogP contribution in [0, 0.1) is 0 Å². The number of para-hydroxylation sites is 2. The van der Waals surface area contributed by atoms with E-state index < -0.39 is 0 Å². The van der Waals surface area contributed by atoms with Crippen molar-refractivity contribution in [1.29, 1.82) is 0 Å². The summed E-state index contributed by atoms with van der Waals surface area (Å²) >= 11 is 6.49. The number of morpholine rings is 1. The Labute approximate surface area is 169 Å². The van der Waals surface area contributed by atoms with Gasteiger partial charge >= 0.3 is 0 Å². The molecule has 2 amide bonds. The summed E-state index contributed by atoms with van der Waals surface area (Å²) in [7, 11) is 1.68. The third kappa shape index (κ3) is 3.39. The summed E-state index contributed by atoms with van der Waals surface area (Å²) in [4.78, 5) is 32.1. The van der Waals surface area contributed by atoms with Gasteiger partial charge in [-0.1, -0.05) is 29.8 Å². The highest BCUT2D eigenvalue weighted by molar-refractivity contribution is 6.36. The van der Waals surface area contributed by atoms with Crippen molar-refractivity contribution in [3.63, 3.8) is 0 Å². The van der Waals surface area contributed by atoms with Crippen molar-refractivity contribution < 1.29 is 14.3 Å². The number of benzene rings is 2. The number of anilines is 2. The Hall–Kier alpha value is -2.41. The quantitative estimate of drug-likeness (QED) is 0.796. The molecule has 0 saturated carbocycles. The van der Waals surface area contributed by atoms with Crippen LogP contribution in [0.5, 0.6) is 0 Å². The second-order valence-electron chi connectivity index (χ2n) is 6.93. The number of carbonyl (C=O) groups excluding carboxylic acids is 2. The number of carbonyl (C=O) groups is 2. The minimum absolute atomic E-state index is 0.155. The number of amides is 2. The first kappa shape index (κ1) is 18.9. The number of fused-ring (bicyclic) bond motifs is 2. The molecule has 2 aliphatic rings. The van der Waals surface area contributed by atoms with Gasteiger partial charge < -0.3 is 14.5 Å². The van der Waals surface area contributed by atoms with Crippen LogP contribution in [0.25, 0.3) is 0 Å². The molecule has 0 spiro atoms. The van der Waals surface area contributed by atoms with Crippen molar-refractivity contribution in [2.45, 2.75) is 0 Å². The van der Waals surface area contributed by atoms with Gasteiger partial charge in [-0.25, -0.2) is 0 Å². The summed E-state index contributed by atoms with van der Waals surface area (Å²) in [5.74, 6) is -0.341. The first-order valence-corrected chi connectivity index (χ1v) is 9.73. The molecule has 7 heteroatoms. The molecular weight excluding hydrogens is 378 g/mol. The molecule has 0 atom stereocenters. The molecule has 1 fully saturated rings. The summed E-state index contributed by atoms with van der Waals surface area (Å²) in [6.45, 7) is 4.17. The molecule has 0 N–H and O–H groups in total. The lowest BCUT2D eigenvalue weighted by atomic mass is 10.0. The molecule has 146 valence electrons. The van der Waals surface area contributed by atoms with Gasteiger partial charge in [-0.3, -0.25) is 14.5 Å². The molecule has 28 heavy (non-hydrogen) atoms. The number of hydrogen-bond acceptors (Lipinski definition) is 4. The van der Waals surface area contributed by atoms with E-state index in [1.54, 1.807) is 42.3 Å². The Bertz CT molecular complexity index is 912. The molecule has 6 nitrogen and oxygen atoms in total. The van der Waals surface area contributed by atoms with Crippen LogP contribution in [-0.4, -0.2) is 63.2 Å². The van der Waals surface area contributed by atoms with Gasteiger partial charge in [0.05, 0.1) is 40.7 Å². The second kappa shape index (κ2) is 7.91. The number of nitrogens with zero attached hydrogens (tertiary/aromatic N) is 3. The highest BCUT2D eigenvalue weighted by Crippen LogP contribution is 2.36. The fourth-order valence-corrected chi connectivity index (χ4v) is 4.00. The molecule has 4 rings (SSSR count). The van der Waals surface area contributed by atoms with E-state index in [4.69, 9.17) is 16.3 Å². The Morgan fingerprint density at radius 2 is 1.64 bits per heavy atom. The van der Waals surface area contributed by atoms with Gasteiger partial charge in [0.2, 0.25) is 0 Å². The fraction of sp³-hybridized carbons (Fsp3) is 0.333. The van der Waals surface area contributed by atoms with Crippen LogP contribution in [0.2, 0.25) is 5.02 Å². The molecule has 0 unspecified atom stereocenters. The van der Waals surface area contributed by atoms with Gasteiger partial charge in [0, 0.05) is 33.2 Å². The Morgan fingerprint density at radius 1 is 0.929 bits per heavy atom. The predicted molar refractivity (Wildman–Crippen MR) is 110 cm³/mol. The first-order valence-electron chi connectivity index (χ1n) is 9.35. The number of rotatable bonds is 3. The maximum atomic E-state index is 13.5. The van der Waals surface area contributed by atoms with Crippen molar-refractivity contribution in [3.8, 4) is 0 Å². The van der Waals surface area contributed by atoms with Gasteiger partial charge in [0.15, 0.2) is 0 Å². The maximum absolute atomic E-state index is 13.5. The van der Waals surface area contributed by atoms with Crippen LogP contribution >= 0.6 is 11.6 Å². The van der Waals surface area contributed by atoms with Crippen molar-refractivity contribution in [2.75, 3.05) is 56.2 Å². The smallest absolute Gasteiger partial charge is 0.260 e. The SMILES string of the molecule is CN1C(=O)c2cccc(Cl)c2N(CCN2CCOCC2)C(=O)c2ccccc21. The van der Waals surface area contributed by atoms with Crippen LogP contribution in [0.15, 0.2) is 42.5 Å². The monoisotopic (exact) mass is 399 g/mol. The summed E-state index contributed by atoms with van der Waals surface area (Å²) in [5, 5.41) is 0.397. The third-order valence-corrected chi connectivity index (χ3v) is 5.58. The van der Waals surface area contributed by atoms with E-state index >= 15 is 0 Å². The van der Waals surface area contributed by atoms with Crippen LogP contribution in [-0.2, 0) is 4.74 Å². The molecule has 2 aromatic carbocycles. The molecular formula is C21H22ClN3O3. The Balaban J connectivity index is 1.78. The summed E-state index contributed by atoms with van der Waals surface area (Å²) < 4.78 is 5.40. The van der Waals surface area contributed by atoms with E-state index in [9.17, 15) is 9.59 Å². The fourth-order valence-electron chi connectivity index (χ4n) is 3.73. The van der Waals surface area contributed by atoms with E-state index in [2.05, 4.69) is 4.90 Å². The van der Waals surface area contributed by atoms with Crippen molar-refractivity contribution in [1.82, 2.24) is 4.90 Å². The third-order valence-electron chi connectivity index (χ3n) is 5.28. The lowest BCUT2D eigenvalue weighted by Gasteiger charge is -2.34. The summed E-state index contributed by atoms with van der Waals surface area (Å²) in [6.07, 6.45) is 0. The minimum Gasteiger partial charge on any atom is -0.379 e. The Kier molecular flexibility index (Phi) is 5.35. The van der Waals surface area contributed by atoms with Gasteiger partial charge in [-0.05, 0) is 24.3 Å². The standard InChI is InChI=1S/C21H22ClN3O3/c1-23-18-8-3-2-5-15(18)21(27)25(10-9-24-11-13-28-14-12-24)19-16(20(23)26)6-4-7-17(19)22/h2-8H,9-14H2,1H3. The molecule has 1 saturated heterocycles. The van der Waals surface area contributed by atoms with Crippen molar-refractivity contribution in [2.24, 2.45) is 0 Å². The number of ether oxygens (including phenoxy) is 1. The normalized spacial score (nSPS) is 17.8. The lowest BCUT2D eigenvalue weighted by molar-refractivity contribution is 0.0391. The van der Waals surface area contributed by atoms with Gasteiger partial charge in [0.1, 0.15) is 0 Å². The van der Waals surface area contributed by atoms with Gasteiger partial charge in [-0.15, -0.1) is 0 Å². The topological polar surface area (TPSA) is 53.1 Å². The lowest BCUT2D eigenvalue weighted by Crippen LogP contribution is -2.45. The van der Waals surface area contributed by atoms with Gasteiger partial charge in [0.25, 0.3) is 11.8 Å². The van der Waals surface area contributed by atoms with E-state index in [0.717, 1.165) is 13.1 Å². The van der Waals surface area contributed by atoms with E-state index in [1.807, 2.05) is 12.1 Å². The predicted octanol–water partition coefficient (Wildman–Crippen LogP) is 2.91. The minimum atomic E-state index is -0.186. The van der Waals surface area contributed by atoms with E-state index in [-0.39, 0.29) is 11.8 Å². The summed E-state index contributed by atoms with van der Waals surface area (Å²) in [5.41, 5.74) is 2.00. The average molecular weight is 400 g/mol. The summed E-state index contributed by atoms with van der Waals surface area (Å²) in [6, 6.07) is 12.4. The molecule has 0 bridgehead atoms. The zero-order valence-corrected chi connectivity index (χ0v) is 16.5. The zero-order chi connectivity index (χ0) is 19.7. The molecule has 0 aromatic heterocycles. The van der Waals surface area contributed by atoms with E-state index in [1.165, 1.54) is 4.90 Å². The van der Waals surface area contributed by atoms with Gasteiger partial charge in [-0.2, -0.15) is 0 Å². The zero-order valence-electron chi connectivity index (χ0n) is 15.7.